The van der Waals surface area contributed by atoms with Gasteiger partial charge in [0.1, 0.15) is 11.5 Å². The van der Waals surface area contributed by atoms with Crippen LogP contribution in [-0.2, 0) is 5.41 Å². The fourth-order valence-corrected chi connectivity index (χ4v) is 5.29. The number of nitrogens with one attached hydrogen (secondary N) is 2. The maximum atomic E-state index is 13.0. The summed E-state index contributed by atoms with van der Waals surface area (Å²) in [5.41, 5.74) is 4.55. The van der Waals surface area contributed by atoms with Crippen LogP contribution in [0, 0.1) is 24.2 Å². The van der Waals surface area contributed by atoms with Crippen LogP contribution in [0.3, 0.4) is 0 Å². The molecule has 0 unspecified atom stereocenters. The standard InChI is InChI=1S/C30H26N4O2S/c1-18-6-9-23(33-28(35)21-4-3-5-22(14-21)30(17-31)12-13-30)15-26(18)36-24-10-11-25-27(16-24)37-29(34-25)32-19(2)20-7-8-20/h3-6,9-11,14-16,20H,2,7-8,12-13H2,1H3,(H,32,34)(H,33,35). The number of hydrogen-bond acceptors (Lipinski definition) is 6. The van der Waals surface area contributed by atoms with E-state index >= 15 is 0 Å². The number of amides is 1. The fraction of sp³-hybridized carbons (Fsp3) is 0.233. The molecule has 2 fully saturated rings. The number of thiazole rings is 1. The van der Waals surface area contributed by atoms with Gasteiger partial charge in [-0.25, -0.2) is 4.98 Å². The highest BCUT2D eigenvalue weighted by molar-refractivity contribution is 7.22. The molecule has 7 heteroatoms. The normalized spacial score (nSPS) is 15.6. The van der Waals surface area contributed by atoms with E-state index in [0.29, 0.717) is 28.7 Å². The highest BCUT2D eigenvalue weighted by atomic mass is 32.1. The van der Waals surface area contributed by atoms with Gasteiger partial charge in [-0.05, 0) is 80.0 Å². The maximum absolute atomic E-state index is 13.0. The monoisotopic (exact) mass is 506 g/mol. The quantitative estimate of drug-likeness (QED) is 0.258. The highest BCUT2D eigenvalue weighted by Crippen LogP contribution is 2.47. The number of rotatable bonds is 8. The molecule has 6 rings (SSSR count). The van der Waals surface area contributed by atoms with E-state index < -0.39 is 5.41 Å². The predicted molar refractivity (Wildman–Crippen MR) is 147 cm³/mol. The molecule has 0 spiro atoms. The van der Waals surface area contributed by atoms with E-state index in [9.17, 15) is 10.1 Å². The Hall–Kier alpha value is -4.15. The summed E-state index contributed by atoms with van der Waals surface area (Å²) in [5.74, 6) is 1.72. The molecule has 2 aliphatic carbocycles. The highest BCUT2D eigenvalue weighted by Gasteiger charge is 2.45. The number of ether oxygens (including phenoxy) is 1. The van der Waals surface area contributed by atoms with E-state index in [4.69, 9.17) is 4.74 Å². The molecule has 0 saturated heterocycles. The topological polar surface area (TPSA) is 87.0 Å². The van der Waals surface area contributed by atoms with Crippen LogP contribution in [0.5, 0.6) is 11.5 Å². The third kappa shape index (κ3) is 4.81. The van der Waals surface area contributed by atoms with Crippen LogP contribution >= 0.6 is 11.3 Å². The number of nitriles is 1. The number of benzene rings is 3. The molecule has 2 N–H and O–H groups in total. The van der Waals surface area contributed by atoms with Crippen molar-refractivity contribution in [1.29, 1.82) is 5.26 Å². The van der Waals surface area contributed by atoms with Crippen LogP contribution in [0.15, 0.2) is 72.9 Å². The van der Waals surface area contributed by atoms with Gasteiger partial charge in [-0.3, -0.25) is 4.79 Å². The van der Waals surface area contributed by atoms with Crippen molar-refractivity contribution in [2.24, 2.45) is 5.92 Å². The molecule has 6 nitrogen and oxygen atoms in total. The minimum absolute atomic E-state index is 0.218. The zero-order valence-corrected chi connectivity index (χ0v) is 21.3. The summed E-state index contributed by atoms with van der Waals surface area (Å²) >= 11 is 1.58. The van der Waals surface area contributed by atoms with Gasteiger partial charge in [0.2, 0.25) is 0 Å². The number of carbonyl (C=O) groups excluding carboxylic acids is 1. The molecule has 3 aromatic carbocycles. The molecule has 37 heavy (non-hydrogen) atoms. The first-order valence-electron chi connectivity index (χ1n) is 12.4. The first-order valence-corrected chi connectivity index (χ1v) is 13.2. The Morgan fingerprint density at radius 2 is 1.97 bits per heavy atom. The van der Waals surface area contributed by atoms with Crippen molar-refractivity contribution in [2.75, 3.05) is 10.6 Å². The Bertz CT molecular complexity index is 1590. The first kappa shape index (κ1) is 23.3. The van der Waals surface area contributed by atoms with E-state index in [1.54, 1.807) is 17.4 Å². The van der Waals surface area contributed by atoms with Gasteiger partial charge in [0, 0.05) is 29.1 Å². The molecule has 1 aromatic heterocycles. The van der Waals surface area contributed by atoms with Crippen molar-refractivity contribution >= 4 is 38.3 Å². The molecule has 0 atom stereocenters. The van der Waals surface area contributed by atoms with Crippen molar-refractivity contribution in [3.8, 4) is 17.6 Å². The largest absolute Gasteiger partial charge is 0.457 e. The van der Waals surface area contributed by atoms with Crippen molar-refractivity contribution < 1.29 is 9.53 Å². The van der Waals surface area contributed by atoms with Crippen LogP contribution < -0.4 is 15.4 Å². The minimum Gasteiger partial charge on any atom is -0.457 e. The second-order valence-corrected chi connectivity index (χ2v) is 10.9. The number of aromatic nitrogens is 1. The minimum atomic E-state index is -0.428. The van der Waals surface area contributed by atoms with Crippen molar-refractivity contribution in [3.63, 3.8) is 0 Å². The molecular weight excluding hydrogens is 480 g/mol. The lowest BCUT2D eigenvalue weighted by molar-refractivity contribution is 0.102. The Morgan fingerprint density at radius 3 is 2.73 bits per heavy atom. The number of aryl methyl sites for hydroxylation is 1. The van der Waals surface area contributed by atoms with Crippen LogP contribution in [-0.4, -0.2) is 10.9 Å². The molecule has 1 heterocycles. The van der Waals surface area contributed by atoms with Crippen molar-refractivity contribution in [2.45, 2.75) is 38.0 Å². The molecule has 2 aliphatic rings. The van der Waals surface area contributed by atoms with Gasteiger partial charge in [0.15, 0.2) is 5.13 Å². The van der Waals surface area contributed by atoms with Gasteiger partial charge < -0.3 is 15.4 Å². The molecule has 184 valence electrons. The zero-order chi connectivity index (χ0) is 25.6. The van der Waals surface area contributed by atoms with E-state index in [1.807, 2.05) is 61.5 Å². The summed E-state index contributed by atoms with van der Waals surface area (Å²) in [5, 5.41) is 16.7. The Kier molecular flexibility index (Phi) is 5.69. The summed E-state index contributed by atoms with van der Waals surface area (Å²) in [7, 11) is 0. The van der Waals surface area contributed by atoms with Crippen LogP contribution in [0.25, 0.3) is 10.2 Å². The average molecular weight is 507 g/mol. The van der Waals surface area contributed by atoms with Gasteiger partial charge >= 0.3 is 0 Å². The third-order valence-corrected chi connectivity index (χ3v) is 7.95. The summed E-state index contributed by atoms with van der Waals surface area (Å²) in [6, 6.07) is 21.2. The van der Waals surface area contributed by atoms with Gasteiger partial charge in [0.25, 0.3) is 5.91 Å². The molecular formula is C30H26N4O2S. The van der Waals surface area contributed by atoms with Crippen LogP contribution in [0.1, 0.15) is 47.2 Å². The molecule has 0 aliphatic heterocycles. The summed E-state index contributed by atoms with van der Waals surface area (Å²) in [6.07, 6.45) is 4.08. The van der Waals surface area contributed by atoms with E-state index in [2.05, 4.69) is 28.3 Å². The van der Waals surface area contributed by atoms with E-state index in [1.165, 1.54) is 12.8 Å². The van der Waals surface area contributed by atoms with Gasteiger partial charge in [-0.2, -0.15) is 5.26 Å². The van der Waals surface area contributed by atoms with E-state index in [-0.39, 0.29) is 5.91 Å². The van der Waals surface area contributed by atoms with E-state index in [0.717, 1.165) is 45.0 Å². The van der Waals surface area contributed by atoms with Crippen LogP contribution in [0.2, 0.25) is 0 Å². The average Bonchev–Trinajstić information content (AvgIpc) is 3.83. The molecule has 0 bridgehead atoms. The number of anilines is 2. The number of fused-ring (bicyclic) bond motifs is 1. The lowest BCUT2D eigenvalue weighted by atomic mass is 9.96. The second kappa shape index (κ2) is 9.06. The number of carbonyl (C=O) groups is 1. The number of nitrogens with zero attached hydrogens (tertiary/aromatic N) is 2. The van der Waals surface area contributed by atoms with Gasteiger partial charge in [-0.1, -0.05) is 36.1 Å². The Morgan fingerprint density at radius 1 is 1.14 bits per heavy atom. The van der Waals surface area contributed by atoms with Gasteiger partial charge in [0.05, 0.1) is 21.7 Å². The lowest BCUT2D eigenvalue weighted by Gasteiger charge is -2.13. The predicted octanol–water partition coefficient (Wildman–Crippen LogP) is 7.54. The van der Waals surface area contributed by atoms with Crippen molar-refractivity contribution in [3.05, 3.63) is 89.6 Å². The van der Waals surface area contributed by atoms with Crippen LogP contribution in [0.4, 0.5) is 10.8 Å². The summed E-state index contributed by atoms with van der Waals surface area (Å²) in [6.45, 7) is 6.09. The maximum Gasteiger partial charge on any atom is 0.255 e. The SMILES string of the molecule is C=C(Nc1nc2ccc(Oc3cc(NC(=O)c4cccc(C5(C#N)CC5)c4)ccc3C)cc2s1)C1CC1. The Labute approximate surface area is 219 Å². The summed E-state index contributed by atoms with van der Waals surface area (Å²) < 4.78 is 7.25. The fourth-order valence-electron chi connectivity index (χ4n) is 4.36. The first-order chi connectivity index (χ1) is 17.9. The smallest absolute Gasteiger partial charge is 0.255 e. The molecule has 0 radical (unpaired) electrons. The molecule has 1 amide bonds. The van der Waals surface area contributed by atoms with Gasteiger partial charge in [-0.15, -0.1) is 0 Å². The second-order valence-electron chi connectivity index (χ2n) is 9.88. The number of allylic oxidation sites excluding steroid dienone is 1. The Balaban J connectivity index is 1.18. The summed E-state index contributed by atoms with van der Waals surface area (Å²) in [4.78, 5) is 17.6. The third-order valence-electron chi connectivity index (χ3n) is 7.01. The lowest BCUT2D eigenvalue weighted by Crippen LogP contribution is -2.13. The molecule has 2 saturated carbocycles. The zero-order valence-electron chi connectivity index (χ0n) is 20.5. The number of hydrogen-bond donors (Lipinski definition) is 2. The molecule has 4 aromatic rings. The van der Waals surface area contributed by atoms with Crippen molar-refractivity contribution in [1.82, 2.24) is 4.98 Å².